The zero-order chi connectivity index (χ0) is 10.8. The van der Waals surface area contributed by atoms with Gasteiger partial charge in [0.05, 0.1) is 21.3 Å². The van der Waals surface area contributed by atoms with E-state index in [9.17, 15) is 0 Å². The van der Waals surface area contributed by atoms with Crippen LogP contribution in [0, 0.1) is 3.95 Å². The van der Waals surface area contributed by atoms with Crippen molar-refractivity contribution in [2.24, 2.45) is 0 Å². The van der Waals surface area contributed by atoms with Gasteiger partial charge < -0.3 is 9.72 Å². The van der Waals surface area contributed by atoms with Gasteiger partial charge in [-0.3, -0.25) is 0 Å². The molecule has 0 aliphatic carbocycles. The monoisotopic (exact) mass is 303 g/mol. The molecule has 80 valence electrons. The van der Waals surface area contributed by atoms with Gasteiger partial charge in [0.1, 0.15) is 5.75 Å². The molecule has 0 aliphatic heterocycles. The number of thiazole rings is 1. The predicted octanol–water partition coefficient (Wildman–Crippen LogP) is 4.51. The Balaban J connectivity index is 2.46. The molecule has 0 fully saturated rings. The van der Waals surface area contributed by atoms with E-state index in [1.807, 2.05) is 12.1 Å². The molecule has 0 aliphatic rings. The Morgan fingerprint density at radius 2 is 2.33 bits per heavy atom. The van der Waals surface area contributed by atoms with Crippen LogP contribution < -0.4 is 4.74 Å². The van der Waals surface area contributed by atoms with Crippen molar-refractivity contribution in [3.05, 3.63) is 20.6 Å². The SMILES string of the molecule is CCCOc1cc2sc(=S)[nH]c2cc1Br. The number of hydrogen-bond donors (Lipinski definition) is 1. The van der Waals surface area contributed by atoms with E-state index in [0.29, 0.717) is 0 Å². The summed E-state index contributed by atoms with van der Waals surface area (Å²) in [6, 6.07) is 4.03. The molecular formula is C10H10BrNOS2. The molecule has 0 amide bonds. The Hall–Kier alpha value is -0.390. The van der Waals surface area contributed by atoms with Gasteiger partial charge in [0.2, 0.25) is 0 Å². The lowest BCUT2D eigenvalue weighted by atomic mass is 10.3. The number of aromatic nitrogens is 1. The van der Waals surface area contributed by atoms with E-state index in [1.54, 1.807) is 11.3 Å². The van der Waals surface area contributed by atoms with Gasteiger partial charge in [-0.1, -0.05) is 6.92 Å². The summed E-state index contributed by atoms with van der Waals surface area (Å²) < 4.78 is 8.51. The number of nitrogens with one attached hydrogen (secondary N) is 1. The highest BCUT2D eigenvalue weighted by molar-refractivity contribution is 9.10. The highest BCUT2D eigenvalue weighted by Gasteiger charge is 2.05. The predicted molar refractivity (Wildman–Crippen MR) is 70.5 cm³/mol. The maximum atomic E-state index is 5.62. The van der Waals surface area contributed by atoms with Crippen molar-refractivity contribution >= 4 is 49.7 Å². The van der Waals surface area contributed by atoms with Crippen LogP contribution >= 0.6 is 39.5 Å². The largest absolute Gasteiger partial charge is 0.492 e. The lowest BCUT2D eigenvalue weighted by Crippen LogP contribution is -1.95. The van der Waals surface area contributed by atoms with E-state index >= 15 is 0 Å². The molecule has 0 spiro atoms. The third-order valence-corrected chi connectivity index (χ3v) is 3.75. The van der Waals surface area contributed by atoms with Crippen molar-refractivity contribution in [3.63, 3.8) is 0 Å². The third-order valence-electron chi connectivity index (χ3n) is 1.94. The van der Waals surface area contributed by atoms with Crippen molar-refractivity contribution in [1.82, 2.24) is 4.98 Å². The van der Waals surface area contributed by atoms with Crippen LogP contribution in [-0.4, -0.2) is 11.6 Å². The molecule has 1 heterocycles. The van der Waals surface area contributed by atoms with Crippen molar-refractivity contribution in [1.29, 1.82) is 0 Å². The smallest absolute Gasteiger partial charge is 0.159 e. The zero-order valence-corrected chi connectivity index (χ0v) is 11.4. The van der Waals surface area contributed by atoms with Crippen LogP contribution in [0.2, 0.25) is 0 Å². The molecule has 1 aromatic heterocycles. The van der Waals surface area contributed by atoms with Gasteiger partial charge in [-0.15, -0.1) is 11.3 Å². The van der Waals surface area contributed by atoms with Crippen LogP contribution in [0.25, 0.3) is 10.2 Å². The first kappa shape index (κ1) is 11.1. The van der Waals surface area contributed by atoms with Crippen LogP contribution in [0.1, 0.15) is 13.3 Å². The fourth-order valence-electron chi connectivity index (χ4n) is 1.27. The maximum absolute atomic E-state index is 5.62. The Bertz CT molecular complexity index is 532. The van der Waals surface area contributed by atoms with Gasteiger partial charge in [-0.05, 0) is 40.6 Å². The summed E-state index contributed by atoms with van der Waals surface area (Å²) in [6.45, 7) is 2.83. The average Bonchev–Trinajstić information content (AvgIpc) is 2.53. The first-order chi connectivity index (χ1) is 7.20. The molecule has 1 aromatic carbocycles. The van der Waals surface area contributed by atoms with Crippen LogP contribution in [-0.2, 0) is 0 Å². The molecule has 2 nitrogen and oxygen atoms in total. The maximum Gasteiger partial charge on any atom is 0.159 e. The number of H-pyrrole nitrogens is 1. The number of hydrogen-bond acceptors (Lipinski definition) is 3. The first-order valence-corrected chi connectivity index (χ1v) is 6.67. The summed E-state index contributed by atoms with van der Waals surface area (Å²) in [5.41, 5.74) is 1.06. The molecular weight excluding hydrogens is 294 g/mol. The van der Waals surface area contributed by atoms with E-state index in [2.05, 4.69) is 27.8 Å². The second kappa shape index (κ2) is 4.63. The molecule has 0 unspecified atom stereocenters. The standard InChI is InChI=1S/C10H10BrNOS2/c1-2-3-13-8-5-9-7(4-6(8)11)12-10(14)15-9/h4-5H,2-3H2,1H3,(H,12,14). The number of benzene rings is 1. The summed E-state index contributed by atoms with van der Waals surface area (Å²) in [4.78, 5) is 3.13. The van der Waals surface area contributed by atoms with Crippen LogP contribution in [0.5, 0.6) is 5.75 Å². The molecule has 2 aromatic rings. The van der Waals surface area contributed by atoms with Crippen molar-refractivity contribution < 1.29 is 4.74 Å². The topological polar surface area (TPSA) is 25.0 Å². The molecule has 1 N–H and O–H groups in total. The van der Waals surface area contributed by atoms with Gasteiger partial charge in [0.15, 0.2) is 3.95 Å². The number of halogens is 1. The van der Waals surface area contributed by atoms with Gasteiger partial charge >= 0.3 is 0 Å². The lowest BCUT2D eigenvalue weighted by Gasteiger charge is -2.06. The molecule has 2 rings (SSSR count). The highest BCUT2D eigenvalue weighted by Crippen LogP contribution is 2.32. The minimum absolute atomic E-state index is 0.736. The van der Waals surface area contributed by atoms with Crippen molar-refractivity contribution in [2.75, 3.05) is 6.61 Å². The highest BCUT2D eigenvalue weighted by atomic mass is 79.9. The van der Waals surface area contributed by atoms with Gasteiger partial charge in [-0.2, -0.15) is 0 Å². The first-order valence-electron chi connectivity index (χ1n) is 4.66. The van der Waals surface area contributed by atoms with E-state index in [4.69, 9.17) is 17.0 Å². The summed E-state index contributed by atoms with van der Waals surface area (Å²) in [6.07, 6.45) is 1.01. The van der Waals surface area contributed by atoms with Crippen LogP contribution in [0.3, 0.4) is 0 Å². The Morgan fingerprint density at radius 1 is 1.53 bits per heavy atom. The Kier molecular flexibility index (Phi) is 3.43. The van der Waals surface area contributed by atoms with E-state index < -0.39 is 0 Å². The van der Waals surface area contributed by atoms with E-state index in [1.165, 1.54) is 0 Å². The summed E-state index contributed by atoms with van der Waals surface area (Å²) in [5.74, 6) is 0.884. The summed E-state index contributed by atoms with van der Waals surface area (Å²) >= 11 is 10.1. The van der Waals surface area contributed by atoms with Gasteiger partial charge in [-0.25, -0.2) is 0 Å². The van der Waals surface area contributed by atoms with Gasteiger partial charge in [0, 0.05) is 6.07 Å². The van der Waals surface area contributed by atoms with E-state index in [0.717, 1.165) is 37.4 Å². The number of aromatic amines is 1. The normalized spacial score (nSPS) is 10.8. The summed E-state index contributed by atoms with van der Waals surface area (Å²) in [5, 5.41) is 0. The van der Waals surface area contributed by atoms with Gasteiger partial charge in [0.25, 0.3) is 0 Å². The summed E-state index contributed by atoms with van der Waals surface area (Å²) in [7, 11) is 0. The molecule has 5 heteroatoms. The molecule has 0 atom stereocenters. The Labute approximate surface area is 105 Å². The quantitative estimate of drug-likeness (QED) is 0.844. The minimum Gasteiger partial charge on any atom is -0.492 e. The zero-order valence-electron chi connectivity index (χ0n) is 8.17. The van der Waals surface area contributed by atoms with E-state index in [-0.39, 0.29) is 0 Å². The van der Waals surface area contributed by atoms with Crippen molar-refractivity contribution in [3.8, 4) is 5.75 Å². The number of rotatable bonds is 3. The fourth-order valence-corrected chi connectivity index (χ4v) is 2.86. The minimum atomic E-state index is 0.736. The van der Waals surface area contributed by atoms with Crippen LogP contribution in [0.15, 0.2) is 16.6 Å². The number of fused-ring (bicyclic) bond motifs is 1. The van der Waals surface area contributed by atoms with Crippen LogP contribution in [0.4, 0.5) is 0 Å². The second-order valence-corrected chi connectivity index (χ2v) is 5.71. The molecule has 0 saturated carbocycles. The molecule has 0 radical (unpaired) electrons. The molecule has 0 bridgehead atoms. The third kappa shape index (κ3) is 2.41. The lowest BCUT2D eigenvalue weighted by molar-refractivity contribution is 0.316. The fraction of sp³-hybridized carbons (Fsp3) is 0.300. The number of ether oxygens (including phenoxy) is 1. The van der Waals surface area contributed by atoms with Crippen molar-refractivity contribution in [2.45, 2.75) is 13.3 Å². The Morgan fingerprint density at radius 3 is 3.07 bits per heavy atom. The second-order valence-electron chi connectivity index (χ2n) is 3.14. The average molecular weight is 304 g/mol. The molecule has 15 heavy (non-hydrogen) atoms. The molecule has 0 saturated heterocycles.